The third-order valence-electron chi connectivity index (χ3n) is 4.45. The zero-order valence-corrected chi connectivity index (χ0v) is 17.9. The number of hydrogen-bond acceptors (Lipinski definition) is 7. The van der Waals surface area contributed by atoms with Crippen molar-refractivity contribution < 1.29 is 4.79 Å². The average molecular weight is 434 g/mol. The molecule has 10 heteroatoms. The van der Waals surface area contributed by atoms with Gasteiger partial charge < -0.3 is 10.6 Å². The number of aromatic amines is 1. The van der Waals surface area contributed by atoms with Gasteiger partial charge in [-0.25, -0.2) is 9.78 Å². The van der Waals surface area contributed by atoms with Crippen molar-refractivity contribution in [1.82, 2.24) is 14.5 Å². The molecule has 3 N–H and O–H groups in total. The Morgan fingerprint density at radius 1 is 1.31 bits per heavy atom. The first kappa shape index (κ1) is 21.0. The van der Waals surface area contributed by atoms with Gasteiger partial charge in [-0.15, -0.1) is 22.7 Å². The van der Waals surface area contributed by atoms with Crippen LogP contribution < -0.4 is 21.9 Å². The molecule has 3 aromatic heterocycles. The van der Waals surface area contributed by atoms with Gasteiger partial charge in [0.1, 0.15) is 10.8 Å². The van der Waals surface area contributed by atoms with E-state index < -0.39 is 11.2 Å². The van der Waals surface area contributed by atoms with Crippen molar-refractivity contribution in [2.24, 2.45) is 0 Å². The second-order valence-corrected chi connectivity index (χ2v) is 8.24. The molecule has 0 radical (unpaired) electrons. The smallest absolute Gasteiger partial charge is 0.330 e. The van der Waals surface area contributed by atoms with Crippen molar-refractivity contribution in [3.63, 3.8) is 0 Å². The molecule has 0 atom stereocenters. The number of nitrogens with one attached hydrogen (secondary N) is 1. The maximum atomic E-state index is 13.0. The van der Waals surface area contributed by atoms with Gasteiger partial charge in [-0.05, 0) is 24.8 Å². The molecule has 3 aromatic rings. The summed E-state index contributed by atoms with van der Waals surface area (Å²) < 4.78 is 1.31. The van der Waals surface area contributed by atoms with Crippen LogP contribution in [0.3, 0.4) is 0 Å². The van der Waals surface area contributed by atoms with Crippen LogP contribution in [0.15, 0.2) is 32.5 Å². The first-order chi connectivity index (χ1) is 14.0. The maximum Gasteiger partial charge on any atom is 0.330 e. The highest BCUT2D eigenvalue weighted by Gasteiger charge is 2.23. The van der Waals surface area contributed by atoms with E-state index >= 15 is 0 Å². The Morgan fingerprint density at radius 2 is 2.10 bits per heavy atom. The zero-order valence-electron chi connectivity index (χ0n) is 16.3. The predicted octanol–water partition coefficient (Wildman–Crippen LogP) is 2.70. The van der Waals surface area contributed by atoms with Crippen molar-refractivity contribution in [1.29, 1.82) is 0 Å². The highest BCUT2D eigenvalue weighted by atomic mass is 32.1. The third-order valence-corrected chi connectivity index (χ3v) is 6.38. The molecule has 8 nitrogen and oxygen atoms in total. The molecule has 3 rings (SSSR count). The van der Waals surface area contributed by atoms with Crippen molar-refractivity contribution >= 4 is 40.1 Å². The second-order valence-electron chi connectivity index (χ2n) is 6.43. The number of carbonyl (C=O) groups is 1. The number of nitrogens with two attached hydrogens (primary N) is 1. The predicted molar refractivity (Wildman–Crippen MR) is 118 cm³/mol. The van der Waals surface area contributed by atoms with Crippen molar-refractivity contribution in [3.8, 4) is 9.88 Å². The molecular weight excluding hydrogens is 410 g/mol. The summed E-state index contributed by atoms with van der Waals surface area (Å²) in [6.45, 7) is 4.39. The zero-order chi connectivity index (χ0) is 21.0. The molecule has 3 heterocycles. The number of amides is 1. The first-order valence-corrected chi connectivity index (χ1v) is 11.1. The topological polar surface area (TPSA) is 114 Å². The summed E-state index contributed by atoms with van der Waals surface area (Å²) in [4.78, 5) is 46.7. The van der Waals surface area contributed by atoms with E-state index in [0.717, 1.165) is 22.7 Å². The minimum Gasteiger partial charge on any atom is -0.383 e. The Labute approximate surface area is 175 Å². The van der Waals surface area contributed by atoms with Crippen LogP contribution in [0.2, 0.25) is 0 Å². The Morgan fingerprint density at radius 3 is 2.76 bits per heavy atom. The molecule has 29 heavy (non-hydrogen) atoms. The molecule has 0 aliphatic heterocycles. The van der Waals surface area contributed by atoms with Gasteiger partial charge in [0.05, 0.1) is 17.0 Å². The largest absolute Gasteiger partial charge is 0.383 e. The summed E-state index contributed by atoms with van der Waals surface area (Å²) in [5.74, 6) is -0.284. The van der Waals surface area contributed by atoms with Gasteiger partial charge in [0.25, 0.3) is 5.56 Å². The normalized spacial score (nSPS) is 11.0. The van der Waals surface area contributed by atoms with Gasteiger partial charge in [0.2, 0.25) is 5.91 Å². The molecule has 0 bridgehead atoms. The number of nitrogen functional groups attached to an aromatic ring is 1. The number of hydrogen-bond donors (Lipinski definition) is 2. The fourth-order valence-corrected chi connectivity index (χ4v) is 4.62. The number of nitrogens with zero attached hydrogens (tertiary/aromatic N) is 3. The van der Waals surface area contributed by atoms with Crippen LogP contribution in [0.1, 0.15) is 32.4 Å². The number of unbranched alkanes of at least 4 members (excludes halogenated alkanes) is 1. The van der Waals surface area contributed by atoms with E-state index in [1.165, 1.54) is 20.8 Å². The lowest BCUT2D eigenvalue weighted by molar-refractivity contribution is -0.118. The van der Waals surface area contributed by atoms with Crippen molar-refractivity contribution in [2.45, 2.75) is 39.7 Å². The number of anilines is 2. The monoisotopic (exact) mass is 433 g/mol. The maximum absolute atomic E-state index is 13.0. The summed E-state index contributed by atoms with van der Waals surface area (Å²) in [5, 5.41) is 4.68. The van der Waals surface area contributed by atoms with Gasteiger partial charge in [-0.3, -0.25) is 19.1 Å². The SMILES string of the molecule is CCCCn1c(N)c(N(CC)C(=O)Cc2csc(-c3cccs3)n2)c(=O)[nH]c1=O. The van der Waals surface area contributed by atoms with Gasteiger partial charge in [-0.1, -0.05) is 19.4 Å². The number of H-pyrrole nitrogens is 1. The summed E-state index contributed by atoms with van der Waals surface area (Å²) in [6.07, 6.45) is 1.65. The number of aromatic nitrogens is 3. The highest BCUT2D eigenvalue weighted by Crippen LogP contribution is 2.28. The summed E-state index contributed by atoms with van der Waals surface area (Å²) in [5.41, 5.74) is 5.57. The molecule has 0 unspecified atom stereocenters. The number of thiazole rings is 1. The molecule has 0 aliphatic rings. The lowest BCUT2D eigenvalue weighted by Gasteiger charge is -2.23. The Hall–Kier alpha value is -2.72. The van der Waals surface area contributed by atoms with Crippen molar-refractivity contribution in [2.75, 3.05) is 17.2 Å². The Bertz CT molecular complexity index is 1100. The van der Waals surface area contributed by atoms with Crippen LogP contribution in [0.25, 0.3) is 9.88 Å². The van der Waals surface area contributed by atoms with E-state index in [0.29, 0.717) is 12.2 Å². The Kier molecular flexibility index (Phi) is 6.65. The quantitative estimate of drug-likeness (QED) is 0.567. The Balaban J connectivity index is 1.88. The molecule has 1 amide bonds. The number of likely N-dealkylation sites (N-methyl/N-ethyl adjacent to an activating group) is 1. The lowest BCUT2D eigenvalue weighted by atomic mass is 10.2. The van der Waals surface area contributed by atoms with E-state index in [4.69, 9.17) is 5.73 Å². The molecule has 0 saturated heterocycles. The van der Waals surface area contributed by atoms with Crippen LogP contribution in [0.5, 0.6) is 0 Å². The van der Waals surface area contributed by atoms with Crippen molar-refractivity contribution in [3.05, 3.63) is 49.4 Å². The minimum absolute atomic E-state index is 0.0138. The van der Waals surface area contributed by atoms with E-state index in [9.17, 15) is 14.4 Å². The van der Waals surface area contributed by atoms with Gasteiger partial charge in [0.15, 0.2) is 5.69 Å². The van der Waals surface area contributed by atoms with Crippen LogP contribution >= 0.6 is 22.7 Å². The summed E-state index contributed by atoms with van der Waals surface area (Å²) >= 11 is 3.06. The van der Waals surface area contributed by atoms with Crippen LogP contribution in [-0.2, 0) is 17.8 Å². The molecular formula is C19H23N5O3S2. The lowest BCUT2D eigenvalue weighted by Crippen LogP contribution is -2.41. The highest BCUT2D eigenvalue weighted by molar-refractivity contribution is 7.20. The average Bonchev–Trinajstić information content (AvgIpc) is 3.36. The molecule has 154 valence electrons. The van der Waals surface area contributed by atoms with E-state index in [1.54, 1.807) is 18.3 Å². The number of thiophene rings is 1. The molecule has 0 spiro atoms. The van der Waals surface area contributed by atoms with E-state index in [2.05, 4.69) is 9.97 Å². The van der Waals surface area contributed by atoms with Crippen LogP contribution in [0, 0.1) is 0 Å². The van der Waals surface area contributed by atoms with E-state index in [1.807, 2.05) is 29.8 Å². The van der Waals surface area contributed by atoms with Crippen LogP contribution in [0.4, 0.5) is 11.5 Å². The van der Waals surface area contributed by atoms with Gasteiger partial charge in [0, 0.05) is 18.5 Å². The molecule has 0 saturated carbocycles. The minimum atomic E-state index is -0.659. The molecule has 0 aromatic carbocycles. The third kappa shape index (κ3) is 4.48. The summed E-state index contributed by atoms with van der Waals surface area (Å²) in [7, 11) is 0. The number of carbonyl (C=O) groups excluding carboxylic acids is 1. The molecule has 0 fully saturated rings. The fraction of sp³-hybridized carbons (Fsp3) is 0.368. The van der Waals surface area contributed by atoms with Crippen LogP contribution in [-0.4, -0.2) is 27.0 Å². The van der Waals surface area contributed by atoms with E-state index in [-0.39, 0.29) is 30.4 Å². The standard InChI is InChI=1S/C19H23N5O3S2/c1-3-5-8-24-16(20)15(17(26)22-19(24)27)23(4-2)14(25)10-12-11-29-18(21-12)13-7-6-9-28-13/h6-7,9,11H,3-5,8,10,20H2,1-2H3,(H,22,26,27). The first-order valence-electron chi connectivity index (χ1n) is 9.37. The number of rotatable bonds is 8. The summed E-state index contributed by atoms with van der Waals surface area (Å²) in [6, 6.07) is 3.93. The fourth-order valence-electron chi connectivity index (χ4n) is 2.99. The van der Waals surface area contributed by atoms with Gasteiger partial charge in [-0.2, -0.15) is 0 Å². The van der Waals surface area contributed by atoms with Gasteiger partial charge >= 0.3 is 5.69 Å². The molecule has 0 aliphatic carbocycles. The second kappa shape index (κ2) is 9.19.